The maximum Gasteiger partial charge on any atom is 0.0827 e. The maximum atomic E-state index is 11.1. The minimum absolute atomic E-state index is 0. The van der Waals surface area contributed by atoms with E-state index in [2.05, 4.69) is 0 Å². The van der Waals surface area contributed by atoms with Crippen LogP contribution >= 0.6 is 12.4 Å². The molecule has 0 saturated carbocycles. The van der Waals surface area contributed by atoms with Crippen molar-refractivity contribution < 1.29 is 4.39 Å². The summed E-state index contributed by atoms with van der Waals surface area (Å²) in [5.41, 5.74) is 5.26. The van der Waals surface area contributed by atoms with Crippen LogP contribution in [-0.2, 0) is 0 Å². The largest absolute Gasteiger partial charge is 0.328 e. The Labute approximate surface area is 55.2 Å². The molecule has 1 unspecified atom stereocenters. The van der Waals surface area contributed by atoms with Crippen LogP contribution in [-0.4, -0.2) is 6.04 Å². The van der Waals surface area contributed by atoms with E-state index in [1.165, 1.54) is 6.08 Å². The van der Waals surface area contributed by atoms with Crippen LogP contribution in [0.1, 0.15) is 13.3 Å². The van der Waals surface area contributed by atoms with E-state index in [4.69, 9.17) is 5.73 Å². The molecule has 0 aromatic heterocycles. The number of nitrogens with two attached hydrogens (primary N) is 1. The quantitative estimate of drug-likeness (QED) is 0.619. The van der Waals surface area contributed by atoms with E-state index in [1.54, 1.807) is 0 Å². The molecule has 0 aliphatic heterocycles. The number of hydrogen-bond acceptors (Lipinski definition) is 1. The highest BCUT2D eigenvalue weighted by Crippen LogP contribution is 1.86. The molecule has 1 nitrogen and oxygen atoms in total. The average molecular weight is 140 g/mol. The monoisotopic (exact) mass is 139 g/mol. The summed E-state index contributed by atoms with van der Waals surface area (Å²) in [6, 6.07) is 0.0759. The lowest BCUT2D eigenvalue weighted by atomic mass is 10.2. The zero-order chi connectivity index (χ0) is 5.70. The van der Waals surface area contributed by atoms with Crippen LogP contribution in [0.5, 0.6) is 0 Å². The smallest absolute Gasteiger partial charge is 0.0827 e. The molecular weight excluding hydrogens is 129 g/mol. The molecule has 0 bridgehead atoms. The van der Waals surface area contributed by atoms with E-state index in [9.17, 15) is 4.39 Å². The van der Waals surface area contributed by atoms with E-state index in [1.807, 2.05) is 6.92 Å². The summed E-state index contributed by atoms with van der Waals surface area (Å²) in [5.74, 6) is 0. The van der Waals surface area contributed by atoms with Gasteiger partial charge in [0, 0.05) is 6.04 Å². The lowest BCUT2D eigenvalue weighted by Gasteiger charge is -1.94. The van der Waals surface area contributed by atoms with Gasteiger partial charge in [-0.3, -0.25) is 0 Å². The summed E-state index contributed by atoms with van der Waals surface area (Å²) < 4.78 is 11.1. The molecule has 0 aromatic carbocycles. The van der Waals surface area contributed by atoms with Crippen molar-refractivity contribution in [3.63, 3.8) is 0 Å². The van der Waals surface area contributed by atoms with Crippen molar-refractivity contribution in [2.75, 3.05) is 0 Å². The van der Waals surface area contributed by atoms with Gasteiger partial charge < -0.3 is 5.73 Å². The summed E-state index contributed by atoms with van der Waals surface area (Å²) in [4.78, 5) is 0. The fourth-order valence-corrected chi connectivity index (χ4v) is 0.266. The van der Waals surface area contributed by atoms with Crippen molar-refractivity contribution in [2.45, 2.75) is 19.4 Å². The Morgan fingerprint density at radius 1 is 1.75 bits per heavy atom. The van der Waals surface area contributed by atoms with Gasteiger partial charge in [-0.15, -0.1) is 12.4 Å². The first-order chi connectivity index (χ1) is 3.27. The Balaban J connectivity index is 0. The Morgan fingerprint density at radius 2 is 2.25 bits per heavy atom. The molecule has 0 aromatic rings. The molecular formula is C5H11ClFN. The molecule has 2 N–H and O–H groups in total. The molecule has 0 amide bonds. The van der Waals surface area contributed by atoms with Gasteiger partial charge in [-0.2, -0.15) is 0 Å². The topological polar surface area (TPSA) is 26.0 Å². The lowest BCUT2D eigenvalue weighted by molar-refractivity contribution is 0.694. The van der Waals surface area contributed by atoms with Crippen molar-refractivity contribution >= 4 is 12.4 Å². The molecule has 0 fully saturated rings. The van der Waals surface area contributed by atoms with Crippen molar-refractivity contribution in [2.24, 2.45) is 5.73 Å². The van der Waals surface area contributed by atoms with Gasteiger partial charge in [0.25, 0.3) is 0 Å². The lowest BCUT2D eigenvalue weighted by Crippen LogP contribution is -2.12. The molecule has 0 heterocycles. The first-order valence-electron chi connectivity index (χ1n) is 2.28. The van der Waals surface area contributed by atoms with Gasteiger partial charge in [0.2, 0.25) is 0 Å². The zero-order valence-corrected chi connectivity index (χ0v) is 5.62. The number of rotatable bonds is 2. The second-order valence-corrected chi connectivity index (χ2v) is 1.57. The third-order valence-electron chi connectivity index (χ3n) is 0.597. The van der Waals surface area contributed by atoms with Crippen LogP contribution in [0.2, 0.25) is 0 Å². The van der Waals surface area contributed by atoms with E-state index >= 15 is 0 Å². The average Bonchev–Trinajstić information content (AvgIpc) is 1.61. The molecule has 0 rings (SSSR count). The minimum atomic E-state index is 0. The second-order valence-electron chi connectivity index (χ2n) is 1.57. The van der Waals surface area contributed by atoms with E-state index < -0.39 is 0 Å². The normalized spacial score (nSPS) is 13.4. The van der Waals surface area contributed by atoms with Gasteiger partial charge in [0.15, 0.2) is 0 Å². The van der Waals surface area contributed by atoms with E-state index in [0.29, 0.717) is 12.8 Å². The first-order valence-corrected chi connectivity index (χ1v) is 2.28. The second kappa shape index (κ2) is 6.92. The van der Waals surface area contributed by atoms with Crippen LogP contribution in [0.3, 0.4) is 0 Å². The third kappa shape index (κ3) is 9.33. The summed E-state index contributed by atoms with van der Waals surface area (Å²) in [6.07, 6.45) is 2.55. The molecule has 0 spiro atoms. The molecule has 3 heteroatoms. The molecule has 0 aliphatic carbocycles. The number of halogens is 2. The van der Waals surface area contributed by atoms with Crippen molar-refractivity contribution in [3.8, 4) is 0 Å². The predicted octanol–water partition coefficient (Wildman–Crippen LogP) is 1.63. The van der Waals surface area contributed by atoms with Crippen molar-refractivity contribution in [1.82, 2.24) is 0 Å². The molecule has 0 radical (unpaired) electrons. The highest BCUT2D eigenvalue weighted by atomic mass is 35.5. The van der Waals surface area contributed by atoms with Crippen LogP contribution in [0.4, 0.5) is 4.39 Å². The van der Waals surface area contributed by atoms with E-state index in [-0.39, 0.29) is 18.4 Å². The molecule has 1 atom stereocenters. The Morgan fingerprint density at radius 3 is 2.38 bits per heavy atom. The minimum Gasteiger partial charge on any atom is -0.328 e. The van der Waals surface area contributed by atoms with Gasteiger partial charge >= 0.3 is 0 Å². The van der Waals surface area contributed by atoms with Gasteiger partial charge in [-0.25, -0.2) is 4.39 Å². The Hall–Kier alpha value is -0.0800. The molecule has 0 aliphatic rings. The van der Waals surface area contributed by atoms with Crippen molar-refractivity contribution in [3.05, 3.63) is 12.4 Å². The summed E-state index contributed by atoms with van der Waals surface area (Å²) in [6.45, 7) is 1.83. The van der Waals surface area contributed by atoms with Gasteiger partial charge in [0.1, 0.15) is 0 Å². The van der Waals surface area contributed by atoms with Crippen LogP contribution in [0, 0.1) is 0 Å². The maximum absolute atomic E-state index is 11.1. The Bertz CT molecular complexity index is 63.4. The van der Waals surface area contributed by atoms with Crippen LogP contribution < -0.4 is 5.73 Å². The first kappa shape index (κ1) is 10.8. The summed E-state index contributed by atoms with van der Waals surface area (Å²) in [5, 5.41) is 0. The SMILES string of the molecule is CC(N)CC=CF.Cl. The van der Waals surface area contributed by atoms with Gasteiger partial charge in [-0.05, 0) is 13.3 Å². The highest BCUT2D eigenvalue weighted by molar-refractivity contribution is 5.85. The molecule has 50 valence electrons. The summed E-state index contributed by atoms with van der Waals surface area (Å²) >= 11 is 0. The fourth-order valence-electron chi connectivity index (χ4n) is 0.266. The molecule has 8 heavy (non-hydrogen) atoms. The summed E-state index contributed by atoms with van der Waals surface area (Å²) in [7, 11) is 0. The van der Waals surface area contributed by atoms with Gasteiger partial charge in [0.05, 0.1) is 6.33 Å². The predicted molar refractivity (Wildman–Crippen MR) is 35.8 cm³/mol. The molecule has 0 saturated heterocycles. The zero-order valence-electron chi connectivity index (χ0n) is 4.80. The van der Waals surface area contributed by atoms with Gasteiger partial charge in [-0.1, -0.05) is 6.08 Å². The standard InChI is InChI=1S/C5H10FN.ClH/c1-5(7)3-2-4-6;/h2,4-5H,3,7H2,1H3;1H. The van der Waals surface area contributed by atoms with Crippen molar-refractivity contribution in [1.29, 1.82) is 0 Å². The fraction of sp³-hybridized carbons (Fsp3) is 0.600. The van der Waals surface area contributed by atoms with Crippen LogP contribution in [0.25, 0.3) is 0 Å². The number of hydrogen-bond donors (Lipinski definition) is 1. The third-order valence-corrected chi connectivity index (χ3v) is 0.597. The Kier molecular flexibility index (Phi) is 9.36. The van der Waals surface area contributed by atoms with Crippen LogP contribution in [0.15, 0.2) is 12.4 Å². The van der Waals surface area contributed by atoms with E-state index in [0.717, 1.165) is 0 Å². The highest BCUT2D eigenvalue weighted by Gasteiger charge is 1.84.